The monoisotopic (exact) mass is 268 g/mol. The zero-order valence-electron chi connectivity index (χ0n) is 10.9. The van der Waals surface area contributed by atoms with Crippen molar-refractivity contribution in [2.24, 2.45) is 0 Å². The number of rotatable bonds is 5. The lowest BCUT2D eigenvalue weighted by Crippen LogP contribution is -2.47. The zero-order valence-corrected chi connectivity index (χ0v) is 11.7. The molecule has 1 aliphatic heterocycles. The molecule has 1 saturated heterocycles. The van der Waals surface area contributed by atoms with E-state index >= 15 is 0 Å². The van der Waals surface area contributed by atoms with Gasteiger partial charge in [0.2, 0.25) is 5.91 Å². The first-order valence-corrected chi connectivity index (χ1v) is 7.23. The third-order valence-corrected chi connectivity index (χ3v) is 4.19. The van der Waals surface area contributed by atoms with Crippen molar-refractivity contribution in [2.75, 3.05) is 31.1 Å². The van der Waals surface area contributed by atoms with Crippen LogP contribution in [0.4, 0.5) is 5.13 Å². The lowest BCUT2D eigenvalue weighted by Gasteiger charge is -2.25. The number of piperazine rings is 1. The van der Waals surface area contributed by atoms with Crippen molar-refractivity contribution in [1.29, 1.82) is 0 Å². The molecule has 0 radical (unpaired) electrons. The molecule has 2 rings (SSSR count). The lowest BCUT2D eigenvalue weighted by molar-refractivity contribution is -0.120. The van der Waals surface area contributed by atoms with Crippen LogP contribution in [0, 0.1) is 0 Å². The van der Waals surface area contributed by atoms with E-state index in [2.05, 4.69) is 29.5 Å². The molecule has 0 saturated carbocycles. The maximum atomic E-state index is 11.3. The van der Waals surface area contributed by atoms with Gasteiger partial charge in [-0.15, -0.1) is 11.3 Å². The summed E-state index contributed by atoms with van der Waals surface area (Å²) in [6.07, 6.45) is 3.04. The summed E-state index contributed by atoms with van der Waals surface area (Å²) in [6.45, 7) is 7.29. The summed E-state index contributed by atoms with van der Waals surface area (Å²) in [5.74, 6) is 0.0788. The van der Waals surface area contributed by atoms with Gasteiger partial charge in [-0.1, -0.05) is 6.92 Å². The highest BCUT2D eigenvalue weighted by Crippen LogP contribution is 2.27. The number of hydrogen-bond donors (Lipinski definition) is 2. The van der Waals surface area contributed by atoms with Crippen LogP contribution in [-0.2, 0) is 4.79 Å². The van der Waals surface area contributed by atoms with E-state index in [0.29, 0.717) is 19.1 Å². The third-order valence-electron chi connectivity index (χ3n) is 2.95. The quantitative estimate of drug-likeness (QED) is 0.841. The van der Waals surface area contributed by atoms with Gasteiger partial charge in [0.15, 0.2) is 5.13 Å². The fourth-order valence-corrected chi connectivity index (χ4v) is 2.85. The molecule has 0 spiro atoms. The standard InChI is InChI=1S/C12H20N4OS/c1-3-4-13-9(2)10-7-15-12(18-10)16-6-5-14-11(17)8-16/h7,9,13H,3-6,8H2,1-2H3,(H,14,17). The molecule has 100 valence electrons. The molecule has 18 heavy (non-hydrogen) atoms. The Hall–Kier alpha value is -1.14. The number of aromatic nitrogens is 1. The van der Waals surface area contributed by atoms with Crippen LogP contribution in [0.5, 0.6) is 0 Å². The Balaban J connectivity index is 1.98. The van der Waals surface area contributed by atoms with Gasteiger partial charge in [-0.05, 0) is 19.9 Å². The number of nitrogens with one attached hydrogen (secondary N) is 2. The molecular weight excluding hydrogens is 248 g/mol. The highest BCUT2D eigenvalue weighted by molar-refractivity contribution is 7.15. The molecule has 1 amide bonds. The number of hydrogen-bond acceptors (Lipinski definition) is 5. The summed E-state index contributed by atoms with van der Waals surface area (Å²) in [5.41, 5.74) is 0. The second-order valence-electron chi connectivity index (χ2n) is 4.49. The number of carbonyl (C=O) groups is 1. The van der Waals surface area contributed by atoms with Gasteiger partial charge in [0.1, 0.15) is 0 Å². The average molecular weight is 268 g/mol. The molecule has 1 unspecified atom stereocenters. The summed E-state index contributed by atoms with van der Waals surface area (Å²) in [4.78, 5) is 19.0. The Bertz CT molecular complexity index is 407. The molecule has 2 N–H and O–H groups in total. The van der Waals surface area contributed by atoms with E-state index in [1.54, 1.807) is 11.3 Å². The minimum Gasteiger partial charge on any atom is -0.353 e. The molecule has 1 aromatic heterocycles. The smallest absolute Gasteiger partial charge is 0.239 e. The topological polar surface area (TPSA) is 57.3 Å². The molecule has 0 aliphatic carbocycles. The molecule has 6 heteroatoms. The molecule has 2 heterocycles. The van der Waals surface area contributed by atoms with E-state index < -0.39 is 0 Å². The van der Waals surface area contributed by atoms with Crippen LogP contribution in [0.15, 0.2) is 6.20 Å². The van der Waals surface area contributed by atoms with Gasteiger partial charge in [0.05, 0.1) is 6.54 Å². The molecule has 0 bridgehead atoms. The molecule has 1 aromatic rings. The van der Waals surface area contributed by atoms with Crippen molar-refractivity contribution in [3.05, 3.63) is 11.1 Å². The van der Waals surface area contributed by atoms with E-state index in [1.807, 2.05) is 11.1 Å². The molecule has 0 aromatic carbocycles. The van der Waals surface area contributed by atoms with Gasteiger partial charge in [0, 0.05) is 30.2 Å². The first-order chi connectivity index (χ1) is 8.70. The van der Waals surface area contributed by atoms with E-state index in [1.165, 1.54) is 4.88 Å². The third kappa shape index (κ3) is 3.20. The van der Waals surface area contributed by atoms with Crippen molar-refractivity contribution in [2.45, 2.75) is 26.3 Å². The molecular formula is C12H20N4OS. The fraction of sp³-hybridized carbons (Fsp3) is 0.667. The molecule has 5 nitrogen and oxygen atoms in total. The van der Waals surface area contributed by atoms with E-state index in [4.69, 9.17) is 0 Å². The summed E-state index contributed by atoms with van der Waals surface area (Å²) < 4.78 is 0. The second-order valence-corrected chi connectivity index (χ2v) is 5.53. The first-order valence-electron chi connectivity index (χ1n) is 6.41. The van der Waals surface area contributed by atoms with Gasteiger partial charge >= 0.3 is 0 Å². The first kappa shape index (κ1) is 13.3. The maximum Gasteiger partial charge on any atom is 0.239 e. The number of anilines is 1. The van der Waals surface area contributed by atoms with Crippen molar-refractivity contribution < 1.29 is 4.79 Å². The second kappa shape index (κ2) is 6.15. The van der Waals surface area contributed by atoms with E-state index in [-0.39, 0.29) is 5.91 Å². The SMILES string of the molecule is CCCNC(C)c1cnc(N2CCNC(=O)C2)s1. The Morgan fingerprint density at radius 2 is 2.50 bits per heavy atom. The summed E-state index contributed by atoms with van der Waals surface area (Å²) in [7, 11) is 0. The van der Waals surface area contributed by atoms with Gasteiger partial charge in [-0.3, -0.25) is 4.79 Å². The predicted molar refractivity (Wildman–Crippen MR) is 74.0 cm³/mol. The van der Waals surface area contributed by atoms with Crippen molar-refractivity contribution >= 4 is 22.4 Å². The number of carbonyl (C=O) groups excluding carboxylic acids is 1. The van der Waals surface area contributed by atoms with Gasteiger partial charge in [0.25, 0.3) is 0 Å². The van der Waals surface area contributed by atoms with Gasteiger partial charge in [-0.2, -0.15) is 0 Å². The number of thiazole rings is 1. The zero-order chi connectivity index (χ0) is 13.0. The fourth-order valence-electron chi connectivity index (χ4n) is 1.89. The van der Waals surface area contributed by atoms with Crippen LogP contribution >= 0.6 is 11.3 Å². The maximum absolute atomic E-state index is 11.3. The van der Waals surface area contributed by atoms with E-state index in [9.17, 15) is 4.79 Å². The predicted octanol–water partition coefficient (Wildman–Crippen LogP) is 1.14. The summed E-state index contributed by atoms with van der Waals surface area (Å²) in [5, 5.41) is 7.22. The molecule has 1 aliphatic rings. The van der Waals surface area contributed by atoms with Crippen LogP contribution in [0.25, 0.3) is 0 Å². The van der Waals surface area contributed by atoms with Crippen LogP contribution in [0.1, 0.15) is 31.2 Å². The Labute approximate surface area is 112 Å². The minimum atomic E-state index is 0.0788. The average Bonchev–Trinajstić information content (AvgIpc) is 2.85. The Morgan fingerprint density at radius 1 is 1.67 bits per heavy atom. The number of amides is 1. The molecule has 1 atom stereocenters. The van der Waals surface area contributed by atoms with Crippen LogP contribution in [0.2, 0.25) is 0 Å². The number of nitrogens with zero attached hydrogens (tertiary/aromatic N) is 2. The van der Waals surface area contributed by atoms with Gasteiger partial charge < -0.3 is 15.5 Å². The largest absolute Gasteiger partial charge is 0.353 e. The van der Waals surface area contributed by atoms with Crippen LogP contribution < -0.4 is 15.5 Å². The van der Waals surface area contributed by atoms with Crippen LogP contribution in [0.3, 0.4) is 0 Å². The Kier molecular flexibility index (Phi) is 4.54. The Morgan fingerprint density at radius 3 is 3.22 bits per heavy atom. The summed E-state index contributed by atoms with van der Waals surface area (Å²) in [6, 6.07) is 0.329. The molecule has 1 fully saturated rings. The van der Waals surface area contributed by atoms with Crippen molar-refractivity contribution in [1.82, 2.24) is 15.6 Å². The van der Waals surface area contributed by atoms with Gasteiger partial charge in [-0.25, -0.2) is 4.98 Å². The normalized spacial score (nSPS) is 17.7. The van der Waals surface area contributed by atoms with Crippen LogP contribution in [-0.4, -0.2) is 37.1 Å². The lowest BCUT2D eigenvalue weighted by atomic mass is 10.3. The van der Waals surface area contributed by atoms with E-state index in [0.717, 1.165) is 24.6 Å². The minimum absolute atomic E-state index is 0.0788. The highest BCUT2D eigenvalue weighted by Gasteiger charge is 2.20. The van der Waals surface area contributed by atoms with Crippen molar-refractivity contribution in [3.8, 4) is 0 Å². The van der Waals surface area contributed by atoms with Crippen molar-refractivity contribution in [3.63, 3.8) is 0 Å². The highest BCUT2D eigenvalue weighted by atomic mass is 32.1. The summed E-state index contributed by atoms with van der Waals surface area (Å²) >= 11 is 1.67.